The van der Waals surface area contributed by atoms with Crippen molar-refractivity contribution in [1.82, 2.24) is 14.9 Å². The van der Waals surface area contributed by atoms with Gasteiger partial charge >= 0.3 is 0 Å². The van der Waals surface area contributed by atoms with Crippen molar-refractivity contribution in [2.75, 3.05) is 14.1 Å². The van der Waals surface area contributed by atoms with Gasteiger partial charge in [0.2, 0.25) is 10.0 Å². The van der Waals surface area contributed by atoms with Crippen LogP contribution in [-0.4, -0.2) is 47.8 Å². The summed E-state index contributed by atoms with van der Waals surface area (Å²) in [7, 11) is -0.812. The van der Waals surface area contributed by atoms with Crippen LogP contribution in [-0.2, 0) is 21.2 Å². The third-order valence-electron chi connectivity index (χ3n) is 4.96. The number of nitrogens with one attached hydrogen (secondary N) is 2. The van der Waals surface area contributed by atoms with Gasteiger partial charge in [0, 0.05) is 26.2 Å². The van der Waals surface area contributed by atoms with Gasteiger partial charge in [0.1, 0.15) is 22.2 Å². The van der Waals surface area contributed by atoms with Gasteiger partial charge in [-0.05, 0) is 45.2 Å². The lowest BCUT2D eigenvalue weighted by atomic mass is 9.85. The lowest BCUT2D eigenvalue weighted by Crippen LogP contribution is -2.43. The summed E-state index contributed by atoms with van der Waals surface area (Å²) in [6, 6.07) is 3.76. The van der Waals surface area contributed by atoms with Gasteiger partial charge in [-0.2, -0.15) is 0 Å². The number of furan rings is 1. The molecule has 0 bridgehead atoms. The van der Waals surface area contributed by atoms with Gasteiger partial charge in [0.15, 0.2) is 11.7 Å². The Hall–Kier alpha value is -2.88. The fourth-order valence-corrected chi connectivity index (χ4v) is 4.58. The van der Waals surface area contributed by atoms with E-state index in [1.807, 2.05) is 39.0 Å². The van der Waals surface area contributed by atoms with E-state index >= 15 is 0 Å². The molecular weight excluding hydrogens is 502 g/mol. The molecule has 2 rings (SSSR count). The second-order valence-electron chi connectivity index (χ2n) is 9.28. The summed E-state index contributed by atoms with van der Waals surface area (Å²) in [6.07, 6.45) is 6.81. The minimum atomic E-state index is -3.58. The molecule has 1 aromatic rings. The zero-order valence-corrected chi connectivity index (χ0v) is 24.0. The minimum Gasteiger partial charge on any atom is -0.512 e. The van der Waals surface area contributed by atoms with Crippen molar-refractivity contribution in [2.45, 2.75) is 60.9 Å². The number of sulfonamides is 1. The number of aliphatic hydroxyl groups excluding tert-OH is 1. The van der Waals surface area contributed by atoms with Crippen LogP contribution in [0.4, 0.5) is 0 Å². The van der Waals surface area contributed by atoms with Gasteiger partial charge in [-0.15, -0.1) is 21.1 Å². The highest BCUT2D eigenvalue weighted by Crippen LogP contribution is 2.34. The molecule has 1 aliphatic heterocycles. The number of terminal acetylenes is 1. The maximum Gasteiger partial charge on any atom is 0.269 e. The Balaban J connectivity index is 0.000000426. The first-order chi connectivity index (χ1) is 16.5. The maximum absolute atomic E-state index is 11.7. The zero-order chi connectivity index (χ0) is 27.8. The van der Waals surface area contributed by atoms with Crippen LogP contribution in [0.1, 0.15) is 65.5 Å². The summed E-state index contributed by atoms with van der Waals surface area (Å²) < 4.78 is 49.6. The largest absolute Gasteiger partial charge is 0.512 e. The van der Waals surface area contributed by atoms with Crippen LogP contribution in [0.25, 0.3) is 0 Å². The van der Waals surface area contributed by atoms with E-state index in [9.17, 15) is 12.6 Å². The van der Waals surface area contributed by atoms with E-state index in [-0.39, 0.29) is 28.5 Å². The minimum absolute atomic E-state index is 0.0944. The van der Waals surface area contributed by atoms with Gasteiger partial charge in [-0.25, -0.2) is 16.9 Å². The monoisotopic (exact) mass is 539 g/mol. The van der Waals surface area contributed by atoms with Crippen molar-refractivity contribution in [1.29, 1.82) is 0 Å². The van der Waals surface area contributed by atoms with E-state index in [1.165, 1.54) is 21.0 Å². The molecule has 2 heterocycles. The van der Waals surface area contributed by atoms with Crippen molar-refractivity contribution in [3.8, 4) is 12.3 Å². The summed E-state index contributed by atoms with van der Waals surface area (Å²) in [6.45, 7) is 13.4. The number of aryl methyl sites for hydroxylation is 1. The molecule has 1 aliphatic rings. The van der Waals surface area contributed by atoms with Crippen LogP contribution in [0, 0.1) is 24.7 Å². The molecule has 10 nitrogen and oxygen atoms in total. The van der Waals surface area contributed by atoms with Crippen LogP contribution in [0.2, 0.25) is 0 Å². The van der Waals surface area contributed by atoms with Gasteiger partial charge < -0.3 is 20.2 Å². The Bertz CT molecular complexity index is 1220. The first-order valence-electron chi connectivity index (χ1n) is 11.1. The molecule has 0 fully saturated rings. The van der Waals surface area contributed by atoms with Crippen molar-refractivity contribution < 1.29 is 22.2 Å². The Morgan fingerprint density at radius 2 is 1.86 bits per heavy atom. The van der Waals surface area contributed by atoms with E-state index in [1.54, 1.807) is 0 Å². The molecule has 1 unspecified atom stereocenters. The average molecular weight is 540 g/mol. The Morgan fingerprint density at radius 3 is 2.28 bits per heavy atom. The van der Waals surface area contributed by atoms with Crippen LogP contribution in [0.15, 0.2) is 47.8 Å². The van der Waals surface area contributed by atoms with Crippen molar-refractivity contribution >= 4 is 32.9 Å². The summed E-state index contributed by atoms with van der Waals surface area (Å²) in [5.41, 5.74) is 0.788. The first kappa shape index (κ1) is 31.2. The van der Waals surface area contributed by atoms with E-state index in [4.69, 9.17) is 15.9 Å². The summed E-state index contributed by atoms with van der Waals surface area (Å²) in [5.74, 6) is 4.56. The van der Waals surface area contributed by atoms with Crippen molar-refractivity contribution in [2.24, 2.45) is 14.2 Å². The van der Waals surface area contributed by atoms with Gasteiger partial charge in [0.25, 0.3) is 11.2 Å². The standard InChI is InChI=1S/C16H24N4O2S.C8H13NO3S/c1-7-10(2)17-14-15(20-23(21)19-14)18-13(16(4,5)6)12-9-8-11(3)22-12;1-5-6-8(7(2)10)13(11,12)9(3)4/h7-9,13H,1-6H3,(H,17,19)(H,18,20);1,10H,6H2,2-4H3/b10-7+;8-7-/t13-,23?;/m0./s1. The Kier molecular flexibility index (Phi) is 11.2. The number of aliphatic hydroxyl groups is 1. The molecule has 0 amide bonds. The number of rotatable bonds is 6. The molecule has 0 aromatic carbocycles. The molecule has 0 radical (unpaired) electrons. The second kappa shape index (κ2) is 12.9. The highest BCUT2D eigenvalue weighted by Gasteiger charge is 2.32. The molecule has 2 atom stereocenters. The molecule has 200 valence electrons. The summed E-state index contributed by atoms with van der Waals surface area (Å²) in [5, 5.41) is 15.6. The average Bonchev–Trinajstić information content (AvgIpc) is 3.33. The third kappa shape index (κ3) is 8.65. The lowest BCUT2D eigenvalue weighted by molar-refractivity contribution is 0.261. The number of hydrogen-bond donors (Lipinski definition) is 3. The summed E-state index contributed by atoms with van der Waals surface area (Å²) >= 11 is -1.60. The van der Waals surface area contributed by atoms with E-state index in [2.05, 4.69) is 46.1 Å². The SMILES string of the molecule is C#CC/C(=C(\C)O)S(=O)(=O)N(C)C.C/C=C(\C)NC1=NS(=O)N=C1N[C@@H](c1ccc(C)o1)C(C)(C)C. The quantitative estimate of drug-likeness (QED) is 0.369. The van der Waals surface area contributed by atoms with Crippen LogP contribution in [0.3, 0.4) is 0 Å². The molecule has 0 saturated carbocycles. The normalized spacial score (nSPS) is 17.8. The smallest absolute Gasteiger partial charge is 0.269 e. The van der Waals surface area contributed by atoms with E-state index < -0.39 is 21.2 Å². The van der Waals surface area contributed by atoms with Crippen molar-refractivity contribution in [3.63, 3.8) is 0 Å². The predicted octanol–water partition coefficient (Wildman–Crippen LogP) is 3.86. The Morgan fingerprint density at radius 1 is 1.28 bits per heavy atom. The maximum atomic E-state index is 11.7. The van der Waals surface area contributed by atoms with Crippen LogP contribution in [0.5, 0.6) is 0 Å². The zero-order valence-electron chi connectivity index (χ0n) is 22.3. The summed E-state index contributed by atoms with van der Waals surface area (Å²) in [4.78, 5) is -0.125. The van der Waals surface area contributed by atoms with E-state index in [0.29, 0.717) is 11.7 Å². The molecule has 0 aliphatic carbocycles. The Labute approximate surface area is 217 Å². The number of hydrogen-bond acceptors (Lipinski definition) is 7. The van der Waals surface area contributed by atoms with E-state index in [0.717, 1.165) is 21.5 Å². The third-order valence-corrected chi connectivity index (χ3v) is 7.66. The molecule has 36 heavy (non-hydrogen) atoms. The predicted molar refractivity (Wildman–Crippen MR) is 146 cm³/mol. The van der Waals surface area contributed by atoms with Gasteiger partial charge in [-0.1, -0.05) is 26.8 Å². The molecule has 12 heteroatoms. The van der Waals surface area contributed by atoms with Gasteiger partial charge in [0.05, 0.1) is 6.04 Å². The van der Waals surface area contributed by atoms with Crippen LogP contribution >= 0.6 is 0 Å². The number of nitrogens with zero attached hydrogens (tertiary/aromatic N) is 3. The number of allylic oxidation sites excluding steroid dienone is 4. The lowest BCUT2D eigenvalue weighted by Gasteiger charge is -2.30. The fraction of sp³-hybridized carbons (Fsp3) is 0.500. The van der Waals surface area contributed by atoms with Crippen LogP contribution < -0.4 is 10.6 Å². The highest BCUT2D eigenvalue weighted by molar-refractivity contribution is 7.93. The number of amidine groups is 2. The molecular formula is C24H37N5O5S2. The fourth-order valence-electron chi connectivity index (χ4n) is 2.88. The van der Waals surface area contributed by atoms with Gasteiger partial charge in [-0.3, -0.25) is 0 Å². The molecule has 1 aromatic heterocycles. The highest BCUT2D eigenvalue weighted by atomic mass is 32.2. The molecule has 0 saturated heterocycles. The van der Waals surface area contributed by atoms with Crippen molar-refractivity contribution in [3.05, 3.63) is 46.1 Å². The topological polar surface area (TPSA) is 137 Å². The molecule has 3 N–H and O–H groups in total. The second-order valence-corrected chi connectivity index (χ2v) is 12.3. The first-order valence-corrected chi connectivity index (χ1v) is 13.6. The molecule has 0 spiro atoms.